The Labute approximate surface area is 133 Å². The van der Waals surface area contributed by atoms with Crippen LogP contribution in [0.4, 0.5) is 0 Å². The SMILES string of the molecule is O=C(c1cc(=O)[nH][nH]1)N(Cc1ccccc1)Cc1ccccc1. The number of benzene rings is 2. The number of aromatic nitrogens is 2. The third kappa shape index (κ3) is 3.77. The molecule has 0 aliphatic carbocycles. The van der Waals surface area contributed by atoms with Crippen molar-refractivity contribution >= 4 is 5.91 Å². The largest absolute Gasteiger partial charge is 0.329 e. The van der Waals surface area contributed by atoms with E-state index in [4.69, 9.17) is 0 Å². The number of nitrogens with zero attached hydrogens (tertiary/aromatic N) is 1. The standard InChI is InChI=1S/C18H17N3O2/c22-17-11-16(19-20-17)18(23)21(12-14-7-3-1-4-8-14)13-15-9-5-2-6-10-15/h1-11H,12-13H2,(H2,19,20,22). The minimum absolute atomic E-state index is 0.212. The van der Waals surface area contributed by atoms with E-state index >= 15 is 0 Å². The molecule has 0 atom stereocenters. The molecule has 2 N–H and O–H groups in total. The van der Waals surface area contributed by atoms with Crippen molar-refractivity contribution in [2.45, 2.75) is 13.1 Å². The summed E-state index contributed by atoms with van der Waals surface area (Å²) in [5.74, 6) is -0.212. The summed E-state index contributed by atoms with van der Waals surface area (Å²) in [6.07, 6.45) is 0. The highest BCUT2D eigenvalue weighted by Crippen LogP contribution is 2.12. The highest BCUT2D eigenvalue weighted by molar-refractivity contribution is 5.92. The van der Waals surface area contributed by atoms with Crippen LogP contribution in [0.2, 0.25) is 0 Å². The van der Waals surface area contributed by atoms with Crippen molar-refractivity contribution in [3.63, 3.8) is 0 Å². The lowest BCUT2D eigenvalue weighted by molar-refractivity contribution is 0.0724. The zero-order valence-corrected chi connectivity index (χ0v) is 12.5. The molecule has 116 valence electrons. The van der Waals surface area contributed by atoms with Crippen LogP contribution in [0.5, 0.6) is 0 Å². The maximum Gasteiger partial charge on any atom is 0.272 e. The Bertz CT molecular complexity index is 780. The van der Waals surface area contributed by atoms with Gasteiger partial charge in [0.05, 0.1) is 0 Å². The van der Waals surface area contributed by atoms with Gasteiger partial charge in [-0.05, 0) is 11.1 Å². The van der Waals surface area contributed by atoms with Gasteiger partial charge in [0.25, 0.3) is 11.5 Å². The van der Waals surface area contributed by atoms with Crippen LogP contribution in [0, 0.1) is 0 Å². The van der Waals surface area contributed by atoms with Gasteiger partial charge in [-0.3, -0.25) is 19.8 Å². The van der Waals surface area contributed by atoms with Crippen LogP contribution < -0.4 is 5.56 Å². The number of rotatable bonds is 5. The van der Waals surface area contributed by atoms with Gasteiger partial charge in [0, 0.05) is 19.2 Å². The summed E-state index contributed by atoms with van der Waals surface area (Å²) >= 11 is 0. The summed E-state index contributed by atoms with van der Waals surface area (Å²) in [5, 5.41) is 5.03. The maximum atomic E-state index is 12.7. The highest BCUT2D eigenvalue weighted by atomic mass is 16.2. The van der Waals surface area contributed by atoms with Crippen molar-refractivity contribution in [3.05, 3.63) is 93.9 Å². The van der Waals surface area contributed by atoms with E-state index in [2.05, 4.69) is 10.2 Å². The first-order valence-electron chi connectivity index (χ1n) is 7.37. The lowest BCUT2D eigenvalue weighted by Gasteiger charge is -2.22. The van der Waals surface area contributed by atoms with Crippen LogP contribution in [0.25, 0.3) is 0 Å². The molecule has 0 fully saturated rings. The molecule has 2 aromatic carbocycles. The molecule has 0 spiro atoms. The summed E-state index contributed by atoms with van der Waals surface area (Å²) in [6.45, 7) is 0.948. The number of H-pyrrole nitrogens is 2. The highest BCUT2D eigenvalue weighted by Gasteiger charge is 2.18. The van der Waals surface area contributed by atoms with E-state index in [1.54, 1.807) is 4.90 Å². The maximum absolute atomic E-state index is 12.7. The summed E-state index contributed by atoms with van der Waals surface area (Å²) in [7, 11) is 0. The smallest absolute Gasteiger partial charge is 0.272 e. The molecule has 23 heavy (non-hydrogen) atoms. The summed E-state index contributed by atoms with van der Waals surface area (Å²) in [4.78, 5) is 25.7. The monoisotopic (exact) mass is 307 g/mol. The number of aromatic amines is 2. The fourth-order valence-corrected chi connectivity index (χ4v) is 2.42. The number of carbonyl (C=O) groups excluding carboxylic acids is 1. The summed E-state index contributed by atoms with van der Waals surface area (Å²) in [6, 6.07) is 20.8. The molecule has 0 aliphatic heterocycles. The van der Waals surface area contributed by atoms with E-state index in [0.717, 1.165) is 11.1 Å². The van der Waals surface area contributed by atoms with E-state index in [-0.39, 0.29) is 17.2 Å². The molecule has 0 aliphatic rings. The van der Waals surface area contributed by atoms with Crippen LogP contribution >= 0.6 is 0 Å². The van der Waals surface area contributed by atoms with Gasteiger partial charge in [0.1, 0.15) is 5.69 Å². The van der Waals surface area contributed by atoms with Crippen molar-refractivity contribution in [2.24, 2.45) is 0 Å². The molecule has 0 unspecified atom stereocenters. The van der Waals surface area contributed by atoms with Crippen LogP contribution in [0.3, 0.4) is 0 Å². The quantitative estimate of drug-likeness (QED) is 0.760. The van der Waals surface area contributed by atoms with Crippen LogP contribution in [-0.2, 0) is 13.1 Å². The molecule has 1 amide bonds. The first-order valence-corrected chi connectivity index (χ1v) is 7.37. The first-order chi connectivity index (χ1) is 11.2. The molecular formula is C18H17N3O2. The number of amides is 1. The Morgan fingerprint density at radius 3 is 1.78 bits per heavy atom. The fourth-order valence-electron chi connectivity index (χ4n) is 2.42. The van der Waals surface area contributed by atoms with Gasteiger partial charge < -0.3 is 4.90 Å². The molecule has 0 bridgehead atoms. The van der Waals surface area contributed by atoms with E-state index in [0.29, 0.717) is 13.1 Å². The normalized spacial score (nSPS) is 10.4. The summed E-state index contributed by atoms with van der Waals surface area (Å²) in [5.41, 5.74) is 2.03. The third-order valence-corrected chi connectivity index (χ3v) is 3.55. The van der Waals surface area contributed by atoms with Crippen LogP contribution in [0.1, 0.15) is 21.6 Å². The molecule has 3 aromatic rings. The van der Waals surface area contributed by atoms with Crippen molar-refractivity contribution < 1.29 is 4.79 Å². The van der Waals surface area contributed by atoms with Crippen LogP contribution in [0.15, 0.2) is 71.5 Å². The van der Waals surface area contributed by atoms with Crippen molar-refractivity contribution in [1.29, 1.82) is 0 Å². The van der Waals surface area contributed by atoms with E-state index < -0.39 is 0 Å². The van der Waals surface area contributed by atoms with Gasteiger partial charge in [-0.25, -0.2) is 0 Å². The predicted octanol–water partition coefficient (Wildman–Crippen LogP) is 2.55. The van der Waals surface area contributed by atoms with E-state index in [1.807, 2.05) is 60.7 Å². The second kappa shape index (κ2) is 6.79. The van der Waals surface area contributed by atoms with Gasteiger partial charge in [-0.1, -0.05) is 60.7 Å². The molecular weight excluding hydrogens is 290 g/mol. The lowest BCUT2D eigenvalue weighted by atomic mass is 10.1. The van der Waals surface area contributed by atoms with Gasteiger partial charge >= 0.3 is 0 Å². The fraction of sp³-hybridized carbons (Fsp3) is 0.111. The zero-order valence-electron chi connectivity index (χ0n) is 12.5. The molecule has 3 rings (SSSR count). The number of carbonyl (C=O) groups is 1. The van der Waals surface area contributed by atoms with Crippen LogP contribution in [-0.4, -0.2) is 21.0 Å². The van der Waals surface area contributed by atoms with Gasteiger partial charge in [0.15, 0.2) is 0 Å². The van der Waals surface area contributed by atoms with E-state index in [1.165, 1.54) is 6.07 Å². The van der Waals surface area contributed by atoms with Crippen molar-refractivity contribution in [3.8, 4) is 0 Å². The average Bonchev–Trinajstić information content (AvgIpc) is 3.02. The molecule has 1 heterocycles. The lowest BCUT2D eigenvalue weighted by Crippen LogP contribution is -2.30. The average molecular weight is 307 g/mol. The Kier molecular flexibility index (Phi) is 4.38. The molecule has 0 saturated heterocycles. The van der Waals surface area contributed by atoms with Gasteiger partial charge in [0.2, 0.25) is 0 Å². The third-order valence-electron chi connectivity index (χ3n) is 3.55. The molecule has 1 aromatic heterocycles. The topological polar surface area (TPSA) is 69.0 Å². The molecule has 0 radical (unpaired) electrons. The predicted molar refractivity (Wildman–Crippen MR) is 87.9 cm³/mol. The van der Waals surface area contributed by atoms with Crippen molar-refractivity contribution in [1.82, 2.24) is 15.1 Å². The van der Waals surface area contributed by atoms with Crippen molar-refractivity contribution in [2.75, 3.05) is 0 Å². The molecule has 0 saturated carbocycles. The Morgan fingerprint density at radius 1 is 0.826 bits per heavy atom. The Balaban J connectivity index is 1.86. The van der Waals surface area contributed by atoms with Gasteiger partial charge in [-0.15, -0.1) is 0 Å². The number of hydrogen-bond donors (Lipinski definition) is 2. The number of nitrogens with one attached hydrogen (secondary N) is 2. The molecule has 5 heteroatoms. The summed E-state index contributed by atoms with van der Waals surface area (Å²) < 4.78 is 0. The zero-order chi connectivity index (χ0) is 16.1. The van der Waals surface area contributed by atoms with Gasteiger partial charge in [-0.2, -0.15) is 0 Å². The number of hydrogen-bond acceptors (Lipinski definition) is 2. The Hall–Kier alpha value is -3.08. The first kappa shape index (κ1) is 14.8. The minimum atomic E-state index is -0.312. The molecule has 5 nitrogen and oxygen atoms in total. The second-order valence-electron chi connectivity index (χ2n) is 5.30. The minimum Gasteiger partial charge on any atom is -0.329 e. The Morgan fingerprint density at radius 2 is 1.35 bits per heavy atom. The second-order valence-corrected chi connectivity index (χ2v) is 5.30. The van der Waals surface area contributed by atoms with E-state index in [9.17, 15) is 9.59 Å².